The first-order valence-corrected chi connectivity index (χ1v) is 11.3. The van der Waals surface area contributed by atoms with Gasteiger partial charge in [-0.05, 0) is 48.4 Å². The molecule has 0 fully saturated rings. The lowest BCUT2D eigenvalue weighted by Crippen LogP contribution is -2.68. The van der Waals surface area contributed by atoms with E-state index in [1.54, 1.807) is 49.4 Å². The largest absolute Gasteiger partial charge is 0.464 e. The summed E-state index contributed by atoms with van der Waals surface area (Å²) in [5.74, 6) is -2.13. The van der Waals surface area contributed by atoms with Crippen molar-refractivity contribution in [2.24, 2.45) is 0 Å². The summed E-state index contributed by atoms with van der Waals surface area (Å²) in [5, 5.41) is 5.86. The van der Waals surface area contributed by atoms with Crippen LogP contribution < -0.4 is 20.1 Å². The van der Waals surface area contributed by atoms with Crippen LogP contribution in [0.3, 0.4) is 0 Å². The van der Waals surface area contributed by atoms with Gasteiger partial charge in [0.15, 0.2) is 11.5 Å². The van der Waals surface area contributed by atoms with Gasteiger partial charge in [-0.1, -0.05) is 39.7 Å². The summed E-state index contributed by atoms with van der Waals surface area (Å²) in [6.45, 7) is 2.94. The van der Waals surface area contributed by atoms with Crippen molar-refractivity contribution in [3.63, 3.8) is 0 Å². The van der Waals surface area contributed by atoms with Crippen molar-refractivity contribution in [1.29, 1.82) is 0 Å². The molecule has 2 aliphatic heterocycles. The lowest BCUT2D eigenvalue weighted by atomic mass is 9.74. The monoisotopic (exact) mass is 534 g/mol. The second-order valence-corrected chi connectivity index (χ2v) is 8.75. The Labute approximate surface area is 203 Å². The summed E-state index contributed by atoms with van der Waals surface area (Å²) in [4.78, 5) is 39.1. The van der Waals surface area contributed by atoms with E-state index in [2.05, 4.69) is 26.6 Å². The molecular weight excluding hydrogens is 516 g/mol. The van der Waals surface area contributed by atoms with E-state index in [-0.39, 0.29) is 13.4 Å². The van der Waals surface area contributed by atoms with Gasteiger partial charge >= 0.3 is 5.97 Å². The molecule has 2 unspecified atom stereocenters. The predicted molar refractivity (Wildman–Crippen MR) is 124 cm³/mol. The van der Waals surface area contributed by atoms with Crippen LogP contribution in [-0.2, 0) is 19.1 Å². The van der Waals surface area contributed by atoms with Gasteiger partial charge in [0.1, 0.15) is 0 Å². The number of ether oxygens (including phenoxy) is 3. The molecule has 0 saturated heterocycles. The van der Waals surface area contributed by atoms with E-state index in [1.165, 1.54) is 6.92 Å². The Morgan fingerprint density at radius 3 is 2.55 bits per heavy atom. The number of halogens is 2. The third-order valence-corrected chi connectivity index (χ3v) is 6.30. The Balaban J connectivity index is 1.95. The van der Waals surface area contributed by atoms with Crippen LogP contribution in [0.15, 0.2) is 46.9 Å². The average molecular weight is 536 g/mol. The molecule has 2 amide bonds. The summed E-state index contributed by atoms with van der Waals surface area (Å²) < 4.78 is 16.8. The summed E-state index contributed by atoms with van der Waals surface area (Å²) in [6, 6.07) is 10.3. The van der Waals surface area contributed by atoms with E-state index < -0.39 is 29.2 Å². The molecule has 0 saturated carbocycles. The molecule has 2 N–H and O–H groups in total. The molecule has 0 spiro atoms. The number of benzene rings is 2. The average Bonchev–Trinajstić information content (AvgIpc) is 3.22. The fourth-order valence-electron chi connectivity index (χ4n) is 3.92. The lowest BCUT2D eigenvalue weighted by molar-refractivity contribution is -0.158. The highest BCUT2D eigenvalue weighted by Gasteiger charge is 2.57. The molecule has 8 nitrogen and oxygen atoms in total. The van der Waals surface area contributed by atoms with Gasteiger partial charge in [0.05, 0.1) is 6.61 Å². The van der Waals surface area contributed by atoms with Crippen molar-refractivity contribution in [2.45, 2.75) is 25.3 Å². The van der Waals surface area contributed by atoms with Crippen LogP contribution in [0.5, 0.6) is 11.5 Å². The van der Waals surface area contributed by atoms with E-state index in [1.807, 2.05) is 0 Å². The van der Waals surface area contributed by atoms with Gasteiger partial charge in [-0.15, -0.1) is 0 Å². The van der Waals surface area contributed by atoms with E-state index >= 15 is 0 Å². The molecule has 2 aliphatic rings. The van der Waals surface area contributed by atoms with Gasteiger partial charge < -0.3 is 24.8 Å². The zero-order valence-electron chi connectivity index (χ0n) is 17.7. The highest BCUT2D eigenvalue weighted by molar-refractivity contribution is 9.10. The van der Waals surface area contributed by atoms with Gasteiger partial charge in [0, 0.05) is 28.0 Å². The normalized spacial score (nSPS) is 21.2. The molecule has 10 heteroatoms. The standard InChI is InChI=1S/C23H20BrClN2O6/c1-3-31-22(30)23(27-12(2)28)16(15-8-19-20(10-17(15)24)33-11-32-19)9-18(26-21(23)29)13-4-6-14(25)7-5-13/h4-10,16H,3,11H2,1-2H3,(H,26,29)(H,27,28). The van der Waals surface area contributed by atoms with Gasteiger partial charge in [0.2, 0.25) is 18.2 Å². The number of nitrogens with one attached hydrogen (secondary N) is 2. The van der Waals surface area contributed by atoms with Crippen LogP contribution in [0.25, 0.3) is 5.70 Å². The molecule has 172 valence electrons. The second kappa shape index (κ2) is 9.07. The molecule has 0 aliphatic carbocycles. The second-order valence-electron chi connectivity index (χ2n) is 7.46. The minimum Gasteiger partial charge on any atom is -0.464 e. The molecular formula is C23H20BrClN2O6. The number of esters is 1. The fourth-order valence-corrected chi connectivity index (χ4v) is 4.61. The van der Waals surface area contributed by atoms with Gasteiger partial charge in [-0.25, -0.2) is 4.79 Å². The zero-order chi connectivity index (χ0) is 23.8. The van der Waals surface area contributed by atoms with Crippen LogP contribution in [0.2, 0.25) is 5.02 Å². The van der Waals surface area contributed by atoms with Crippen molar-refractivity contribution in [1.82, 2.24) is 10.6 Å². The maximum Gasteiger partial charge on any atom is 0.342 e. The number of carbonyl (C=O) groups is 3. The van der Waals surface area contributed by atoms with Crippen LogP contribution in [0, 0.1) is 0 Å². The first-order chi connectivity index (χ1) is 15.8. The van der Waals surface area contributed by atoms with E-state index in [0.29, 0.717) is 37.8 Å². The topological polar surface area (TPSA) is 103 Å². The van der Waals surface area contributed by atoms with Crippen LogP contribution >= 0.6 is 27.5 Å². The molecule has 2 aromatic carbocycles. The Hall–Kier alpha value is -3.04. The van der Waals surface area contributed by atoms with E-state index in [9.17, 15) is 14.4 Å². The van der Waals surface area contributed by atoms with Crippen LogP contribution in [-0.4, -0.2) is 36.7 Å². The van der Waals surface area contributed by atoms with Gasteiger partial charge in [-0.3, -0.25) is 9.59 Å². The summed E-state index contributed by atoms with van der Waals surface area (Å²) in [6.07, 6.45) is 1.71. The Bertz CT molecular complexity index is 1170. The summed E-state index contributed by atoms with van der Waals surface area (Å²) in [7, 11) is 0. The van der Waals surface area contributed by atoms with Gasteiger partial charge in [-0.2, -0.15) is 0 Å². The first kappa shape index (κ1) is 23.1. The summed E-state index contributed by atoms with van der Waals surface area (Å²) in [5.41, 5.74) is -0.387. The quantitative estimate of drug-likeness (QED) is 0.449. The maximum atomic E-state index is 13.6. The number of hydrogen-bond donors (Lipinski definition) is 2. The van der Waals surface area contributed by atoms with Crippen molar-refractivity contribution >= 4 is 51.0 Å². The van der Waals surface area contributed by atoms with E-state index in [4.69, 9.17) is 25.8 Å². The Morgan fingerprint density at radius 2 is 1.91 bits per heavy atom. The minimum atomic E-state index is -2.05. The van der Waals surface area contributed by atoms with E-state index in [0.717, 1.165) is 0 Å². The van der Waals surface area contributed by atoms with Crippen molar-refractivity contribution in [3.8, 4) is 11.5 Å². The summed E-state index contributed by atoms with van der Waals surface area (Å²) >= 11 is 9.53. The van der Waals surface area contributed by atoms with Crippen molar-refractivity contribution in [3.05, 3.63) is 63.1 Å². The number of hydrogen-bond acceptors (Lipinski definition) is 6. The fraction of sp³-hybridized carbons (Fsp3) is 0.261. The SMILES string of the molecule is CCOC(=O)C1(NC(C)=O)C(=O)NC(c2ccc(Cl)cc2)=CC1c1cc2c(cc1Br)OCO2. The molecule has 0 radical (unpaired) electrons. The first-order valence-electron chi connectivity index (χ1n) is 10.1. The third-order valence-electron chi connectivity index (χ3n) is 5.36. The third kappa shape index (κ3) is 4.18. The van der Waals surface area contributed by atoms with Crippen molar-refractivity contribution < 1.29 is 28.6 Å². The molecule has 2 aromatic rings. The number of rotatable bonds is 5. The molecule has 33 heavy (non-hydrogen) atoms. The molecule has 2 atom stereocenters. The molecule has 0 aromatic heterocycles. The maximum absolute atomic E-state index is 13.6. The number of fused-ring (bicyclic) bond motifs is 1. The Morgan fingerprint density at radius 1 is 1.24 bits per heavy atom. The number of carbonyl (C=O) groups excluding carboxylic acids is 3. The minimum absolute atomic E-state index is 0.0240. The van der Waals surface area contributed by atoms with Crippen molar-refractivity contribution in [2.75, 3.05) is 13.4 Å². The smallest absolute Gasteiger partial charge is 0.342 e. The lowest BCUT2D eigenvalue weighted by Gasteiger charge is -2.40. The molecule has 2 heterocycles. The number of amides is 2. The van der Waals surface area contributed by atoms with Crippen LogP contribution in [0.1, 0.15) is 30.9 Å². The molecule has 0 bridgehead atoms. The zero-order valence-corrected chi connectivity index (χ0v) is 20.1. The highest BCUT2D eigenvalue weighted by atomic mass is 79.9. The van der Waals surface area contributed by atoms with Crippen LogP contribution in [0.4, 0.5) is 0 Å². The molecule has 4 rings (SSSR count). The van der Waals surface area contributed by atoms with Gasteiger partial charge in [0.25, 0.3) is 5.91 Å². The Kier molecular flexibility index (Phi) is 6.36. The highest BCUT2D eigenvalue weighted by Crippen LogP contribution is 2.45. The predicted octanol–water partition coefficient (Wildman–Crippen LogP) is 3.52.